The van der Waals surface area contributed by atoms with Gasteiger partial charge in [-0.3, -0.25) is 0 Å². The molecule has 1 atom stereocenters. The Bertz CT molecular complexity index is 255. The van der Waals surface area contributed by atoms with E-state index in [4.69, 9.17) is 15.1 Å². The van der Waals surface area contributed by atoms with E-state index in [9.17, 15) is 0 Å². The second-order valence-corrected chi connectivity index (χ2v) is 7.05. The lowest BCUT2D eigenvalue weighted by Crippen LogP contribution is -3.00. The molecule has 0 amide bonds. The van der Waals surface area contributed by atoms with E-state index in [1.807, 2.05) is 7.05 Å². The minimum absolute atomic E-state index is 0. The van der Waals surface area contributed by atoms with Crippen molar-refractivity contribution in [2.24, 2.45) is 0 Å². The molecule has 0 bridgehead atoms. The Kier molecular flexibility index (Phi) is 19.7. The van der Waals surface area contributed by atoms with E-state index in [-0.39, 0.29) is 19.0 Å². The number of aliphatic hydroxyl groups excluding tert-OH is 1. The number of aliphatic hydroxyl groups is 2. The number of hydrogen-bond acceptors (Lipinski definition) is 3. The highest BCUT2D eigenvalue weighted by atomic mass is 35.5. The van der Waals surface area contributed by atoms with Gasteiger partial charge in [0.15, 0.2) is 6.54 Å². The molecule has 0 aromatic carbocycles. The van der Waals surface area contributed by atoms with Crippen LogP contribution in [0.15, 0.2) is 0 Å². The lowest BCUT2D eigenvalue weighted by Gasteiger charge is -2.31. The molecule has 0 saturated carbocycles. The Morgan fingerprint density at radius 1 is 0.750 bits per heavy atom. The molecule has 0 spiro atoms. The molecule has 2 N–H and O–H groups in total. The van der Waals surface area contributed by atoms with Gasteiger partial charge >= 0.3 is 0 Å². The van der Waals surface area contributed by atoms with E-state index >= 15 is 0 Å². The van der Waals surface area contributed by atoms with E-state index in [1.165, 1.54) is 64.2 Å². The standard InChI is InChI=1S/C19H42NO3.ClH/c1-4-6-7-8-9-10-11-12-13-14-15-17-23-20(3,16-5-2)18-19(21)22;/h19,21-22H,4-18H2,1-3H3;1H/q+1;/p-1. The smallest absolute Gasteiger partial charge is 0.205 e. The van der Waals surface area contributed by atoms with Crippen molar-refractivity contribution in [1.82, 2.24) is 0 Å². The van der Waals surface area contributed by atoms with Gasteiger partial charge in [0.25, 0.3) is 0 Å². The molecule has 148 valence electrons. The first-order valence-corrected chi connectivity index (χ1v) is 9.89. The zero-order valence-corrected chi connectivity index (χ0v) is 17.1. The van der Waals surface area contributed by atoms with Crippen LogP contribution in [0.5, 0.6) is 0 Å². The normalized spacial score (nSPS) is 13.8. The van der Waals surface area contributed by atoms with Crippen LogP contribution in [0, 0.1) is 0 Å². The third kappa shape index (κ3) is 17.0. The van der Waals surface area contributed by atoms with E-state index in [1.54, 1.807) is 0 Å². The number of quaternary nitrogens is 1. The van der Waals surface area contributed by atoms with E-state index in [2.05, 4.69) is 13.8 Å². The second kappa shape index (κ2) is 17.9. The predicted molar refractivity (Wildman–Crippen MR) is 96.8 cm³/mol. The molecule has 0 fully saturated rings. The van der Waals surface area contributed by atoms with Gasteiger partial charge in [0.05, 0.1) is 7.05 Å². The van der Waals surface area contributed by atoms with E-state index in [0.717, 1.165) is 19.4 Å². The summed E-state index contributed by atoms with van der Waals surface area (Å²) in [7, 11) is 1.93. The van der Waals surface area contributed by atoms with Crippen LogP contribution in [0.4, 0.5) is 0 Å². The van der Waals surface area contributed by atoms with Gasteiger partial charge in [0.2, 0.25) is 6.29 Å². The molecule has 0 aliphatic rings. The lowest BCUT2D eigenvalue weighted by atomic mass is 10.1. The Labute approximate surface area is 156 Å². The molecule has 0 aromatic heterocycles. The van der Waals surface area contributed by atoms with Crippen molar-refractivity contribution in [1.29, 1.82) is 0 Å². The fraction of sp³-hybridized carbons (Fsp3) is 1.00. The summed E-state index contributed by atoms with van der Waals surface area (Å²) in [5.41, 5.74) is 0. The summed E-state index contributed by atoms with van der Waals surface area (Å²) in [6.07, 6.45) is 14.3. The van der Waals surface area contributed by atoms with Crippen LogP contribution in [0.1, 0.15) is 90.9 Å². The highest BCUT2D eigenvalue weighted by Gasteiger charge is 2.25. The molecule has 0 aromatic rings. The molecule has 1 unspecified atom stereocenters. The minimum atomic E-state index is -1.30. The number of nitrogens with zero attached hydrogens (tertiary/aromatic N) is 1. The number of unbranched alkanes of at least 4 members (excludes halogenated alkanes) is 10. The molecule has 0 rings (SSSR count). The average Bonchev–Trinajstić information content (AvgIpc) is 2.48. The number of likely N-dealkylation sites (N-methyl/N-ethyl adjacent to an activating group) is 1. The van der Waals surface area contributed by atoms with Crippen LogP contribution in [0.25, 0.3) is 0 Å². The summed E-state index contributed by atoms with van der Waals surface area (Å²) in [5.74, 6) is 0. The van der Waals surface area contributed by atoms with Crippen molar-refractivity contribution < 1.29 is 32.1 Å². The number of halogens is 1. The fourth-order valence-electron chi connectivity index (χ4n) is 3.08. The SMILES string of the molecule is CCCCCCCCCCCCCO[N+](C)(CCC)CC(O)O.[Cl-]. The maximum atomic E-state index is 9.17. The van der Waals surface area contributed by atoms with Crippen LogP contribution in [0.2, 0.25) is 0 Å². The molecular weight excluding hydrogens is 326 g/mol. The van der Waals surface area contributed by atoms with Gasteiger partial charge in [0.1, 0.15) is 13.2 Å². The van der Waals surface area contributed by atoms with Crippen molar-refractivity contribution >= 4 is 0 Å². The van der Waals surface area contributed by atoms with Gasteiger partial charge in [-0.1, -0.05) is 78.1 Å². The van der Waals surface area contributed by atoms with Crippen LogP contribution in [0.3, 0.4) is 0 Å². The molecule has 0 radical (unpaired) electrons. The van der Waals surface area contributed by atoms with Crippen molar-refractivity contribution in [3.63, 3.8) is 0 Å². The van der Waals surface area contributed by atoms with Crippen molar-refractivity contribution in [2.75, 3.05) is 26.7 Å². The molecule has 4 nitrogen and oxygen atoms in total. The lowest BCUT2D eigenvalue weighted by molar-refractivity contribution is -1.09. The number of hydrogen-bond donors (Lipinski definition) is 2. The zero-order chi connectivity index (χ0) is 17.4. The minimum Gasteiger partial charge on any atom is -1.00 e. The highest BCUT2D eigenvalue weighted by molar-refractivity contribution is 4.47. The number of rotatable bonds is 17. The first-order chi connectivity index (χ1) is 11.0. The Balaban J connectivity index is 0. The largest absolute Gasteiger partial charge is 1.00 e. The third-order valence-corrected chi connectivity index (χ3v) is 4.40. The summed E-state index contributed by atoms with van der Waals surface area (Å²) >= 11 is 0. The molecule has 0 saturated heterocycles. The Morgan fingerprint density at radius 2 is 1.21 bits per heavy atom. The third-order valence-electron chi connectivity index (χ3n) is 4.40. The quantitative estimate of drug-likeness (QED) is 0.177. The predicted octanol–water partition coefficient (Wildman–Crippen LogP) is 1.40. The van der Waals surface area contributed by atoms with Gasteiger partial charge < -0.3 is 22.6 Å². The number of hydroxylamine groups is 3. The van der Waals surface area contributed by atoms with Crippen LogP contribution < -0.4 is 12.4 Å². The maximum Gasteiger partial charge on any atom is 0.205 e. The highest BCUT2D eigenvalue weighted by Crippen LogP contribution is 2.12. The molecule has 5 heteroatoms. The van der Waals surface area contributed by atoms with Crippen molar-refractivity contribution in [3.8, 4) is 0 Å². The fourth-order valence-corrected chi connectivity index (χ4v) is 3.08. The van der Waals surface area contributed by atoms with Crippen molar-refractivity contribution in [2.45, 2.75) is 97.2 Å². The molecule has 0 aliphatic carbocycles. The summed E-state index contributed by atoms with van der Waals surface area (Å²) in [5, 5.41) is 18.3. The van der Waals surface area contributed by atoms with Crippen LogP contribution in [-0.2, 0) is 4.84 Å². The Morgan fingerprint density at radius 3 is 1.62 bits per heavy atom. The molecule has 0 heterocycles. The zero-order valence-electron chi connectivity index (χ0n) is 16.3. The summed E-state index contributed by atoms with van der Waals surface area (Å²) in [6, 6.07) is 0. The Hall–Kier alpha value is 0.130. The van der Waals surface area contributed by atoms with E-state index < -0.39 is 6.29 Å². The van der Waals surface area contributed by atoms with Gasteiger partial charge in [0, 0.05) is 0 Å². The van der Waals surface area contributed by atoms with Gasteiger partial charge in [-0.15, -0.1) is 0 Å². The first kappa shape index (κ1) is 26.4. The first-order valence-electron chi connectivity index (χ1n) is 9.89. The average molecular weight is 368 g/mol. The van der Waals surface area contributed by atoms with Crippen LogP contribution in [-0.4, -0.2) is 47.9 Å². The van der Waals surface area contributed by atoms with Crippen molar-refractivity contribution in [3.05, 3.63) is 0 Å². The maximum absolute atomic E-state index is 9.17. The molecular formula is C19H42ClNO3. The van der Waals surface area contributed by atoms with Gasteiger partial charge in [-0.2, -0.15) is 4.65 Å². The summed E-state index contributed by atoms with van der Waals surface area (Å²) in [4.78, 5) is 5.88. The van der Waals surface area contributed by atoms with Crippen LogP contribution >= 0.6 is 0 Å². The van der Waals surface area contributed by atoms with Gasteiger partial charge in [-0.05, 0) is 12.8 Å². The summed E-state index contributed by atoms with van der Waals surface area (Å²) in [6.45, 7) is 6.12. The van der Waals surface area contributed by atoms with Gasteiger partial charge in [-0.25, -0.2) is 4.84 Å². The summed E-state index contributed by atoms with van der Waals surface area (Å²) < 4.78 is 0.298. The second-order valence-electron chi connectivity index (χ2n) is 7.05. The topological polar surface area (TPSA) is 49.7 Å². The van der Waals surface area contributed by atoms with E-state index in [0.29, 0.717) is 11.3 Å². The molecule has 24 heavy (non-hydrogen) atoms. The monoisotopic (exact) mass is 367 g/mol. The molecule has 0 aliphatic heterocycles.